The van der Waals surface area contributed by atoms with Gasteiger partial charge >= 0.3 is 6.03 Å². The minimum absolute atomic E-state index is 0.0844. The second kappa shape index (κ2) is 8.24. The minimum Gasteiger partial charge on any atom is -0.351 e. The zero-order valence-corrected chi connectivity index (χ0v) is 13.7. The molecule has 0 heterocycles. The van der Waals surface area contributed by atoms with Crippen molar-refractivity contribution < 1.29 is 9.59 Å². The molecule has 0 bridgehead atoms. The van der Waals surface area contributed by atoms with E-state index in [1.165, 1.54) is 11.1 Å². The Morgan fingerprint density at radius 2 is 1.74 bits per heavy atom. The van der Waals surface area contributed by atoms with E-state index in [1.54, 1.807) is 36.0 Å². The van der Waals surface area contributed by atoms with Gasteiger partial charge < -0.3 is 16.4 Å². The van der Waals surface area contributed by atoms with Crippen LogP contribution in [0, 0.1) is 6.92 Å². The molecule has 5 nitrogen and oxygen atoms in total. The molecular formula is C17H19N3O2S. The molecule has 0 aromatic heterocycles. The van der Waals surface area contributed by atoms with Gasteiger partial charge in [0.25, 0.3) is 0 Å². The Morgan fingerprint density at radius 1 is 1.04 bits per heavy atom. The Bertz CT molecular complexity index is 704. The highest BCUT2D eigenvalue weighted by Gasteiger charge is 2.04. The lowest BCUT2D eigenvalue weighted by Gasteiger charge is -2.08. The van der Waals surface area contributed by atoms with E-state index in [9.17, 15) is 9.59 Å². The normalized spacial score (nSPS) is 10.1. The molecule has 2 aromatic carbocycles. The number of primary amides is 1. The number of rotatable bonds is 6. The van der Waals surface area contributed by atoms with Gasteiger partial charge in [0.2, 0.25) is 5.91 Å². The topological polar surface area (TPSA) is 84.2 Å². The summed E-state index contributed by atoms with van der Waals surface area (Å²) in [5.41, 5.74) is 8.65. The largest absolute Gasteiger partial charge is 0.351 e. The summed E-state index contributed by atoms with van der Waals surface area (Å²) in [6.45, 7) is 2.05. The minimum atomic E-state index is -0.637. The quantitative estimate of drug-likeness (QED) is 0.760. The third-order valence-corrected chi connectivity index (χ3v) is 4.00. The maximum atomic E-state index is 12.0. The second-order valence-electron chi connectivity index (χ2n) is 5.10. The molecule has 0 saturated heterocycles. The highest BCUT2D eigenvalue weighted by Crippen LogP contribution is 2.17. The van der Waals surface area contributed by atoms with E-state index >= 15 is 0 Å². The number of nitrogens with two attached hydrogens (primary N) is 1. The van der Waals surface area contributed by atoms with Crippen molar-refractivity contribution in [2.24, 2.45) is 5.73 Å². The molecule has 6 heteroatoms. The number of anilines is 2. The van der Waals surface area contributed by atoms with E-state index in [0.717, 1.165) is 5.75 Å². The molecule has 0 aliphatic rings. The number of carbonyl (C=O) groups is 2. The van der Waals surface area contributed by atoms with Gasteiger partial charge in [0.05, 0.1) is 5.75 Å². The highest BCUT2D eigenvalue weighted by atomic mass is 32.2. The van der Waals surface area contributed by atoms with Crippen molar-refractivity contribution in [2.75, 3.05) is 16.4 Å². The number of hydrogen-bond acceptors (Lipinski definition) is 3. The van der Waals surface area contributed by atoms with E-state index in [0.29, 0.717) is 17.1 Å². The molecule has 0 atom stereocenters. The molecule has 2 aromatic rings. The van der Waals surface area contributed by atoms with E-state index < -0.39 is 6.03 Å². The fourth-order valence-electron chi connectivity index (χ4n) is 2.08. The molecule has 2 rings (SSSR count). The Morgan fingerprint density at radius 3 is 2.43 bits per heavy atom. The number of urea groups is 1. The fourth-order valence-corrected chi connectivity index (χ4v) is 2.85. The van der Waals surface area contributed by atoms with Crippen LogP contribution in [0.4, 0.5) is 16.2 Å². The predicted molar refractivity (Wildman–Crippen MR) is 95.6 cm³/mol. The Labute approximate surface area is 139 Å². The first-order valence-corrected chi connectivity index (χ1v) is 8.28. The maximum absolute atomic E-state index is 12.0. The van der Waals surface area contributed by atoms with Gasteiger partial charge in [-0.15, -0.1) is 11.8 Å². The molecule has 0 unspecified atom stereocenters. The van der Waals surface area contributed by atoms with Crippen LogP contribution in [0.25, 0.3) is 0 Å². The first-order chi connectivity index (χ1) is 11.0. The first-order valence-electron chi connectivity index (χ1n) is 7.12. The molecule has 4 N–H and O–H groups in total. The van der Waals surface area contributed by atoms with E-state index in [4.69, 9.17) is 5.73 Å². The average Bonchev–Trinajstić information content (AvgIpc) is 2.47. The van der Waals surface area contributed by atoms with Crippen molar-refractivity contribution in [1.82, 2.24) is 0 Å². The van der Waals surface area contributed by atoms with E-state index in [2.05, 4.69) is 22.8 Å². The van der Waals surface area contributed by atoms with Gasteiger partial charge in [-0.1, -0.05) is 35.9 Å². The van der Waals surface area contributed by atoms with Crippen LogP contribution < -0.4 is 16.4 Å². The predicted octanol–water partition coefficient (Wildman–Crippen LogP) is 3.36. The Hall–Kier alpha value is -2.47. The summed E-state index contributed by atoms with van der Waals surface area (Å²) in [6.07, 6.45) is 0. The number of amides is 3. The van der Waals surface area contributed by atoms with Crippen LogP contribution in [-0.2, 0) is 10.5 Å². The number of carbonyl (C=O) groups excluding carboxylic acids is 2. The monoisotopic (exact) mass is 329 g/mol. The smallest absolute Gasteiger partial charge is 0.316 e. The summed E-state index contributed by atoms with van der Waals surface area (Å²) in [7, 11) is 0. The number of thioether (sulfide) groups is 1. The van der Waals surface area contributed by atoms with Crippen molar-refractivity contribution >= 4 is 35.1 Å². The molecule has 0 saturated carbocycles. The van der Waals surface area contributed by atoms with Crippen molar-refractivity contribution in [3.05, 3.63) is 59.7 Å². The molecule has 0 fully saturated rings. The van der Waals surface area contributed by atoms with Crippen molar-refractivity contribution in [3.8, 4) is 0 Å². The number of hydrogen-bond donors (Lipinski definition) is 3. The number of benzene rings is 2. The lowest BCUT2D eigenvalue weighted by molar-refractivity contribution is -0.113. The molecule has 0 spiro atoms. The third kappa shape index (κ3) is 6.04. The van der Waals surface area contributed by atoms with Crippen LogP contribution in [0.1, 0.15) is 11.1 Å². The summed E-state index contributed by atoms with van der Waals surface area (Å²) in [5.74, 6) is 1.07. The van der Waals surface area contributed by atoms with Crippen molar-refractivity contribution in [3.63, 3.8) is 0 Å². The lowest BCUT2D eigenvalue weighted by atomic mass is 10.2. The van der Waals surface area contributed by atoms with Crippen molar-refractivity contribution in [2.45, 2.75) is 12.7 Å². The summed E-state index contributed by atoms with van der Waals surface area (Å²) < 4.78 is 0. The van der Waals surface area contributed by atoms with Crippen LogP contribution in [0.3, 0.4) is 0 Å². The molecule has 0 radical (unpaired) electrons. The molecule has 3 amide bonds. The van der Waals surface area contributed by atoms with E-state index in [-0.39, 0.29) is 5.91 Å². The summed E-state index contributed by atoms with van der Waals surface area (Å²) in [6, 6.07) is 14.5. The maximum Gasteiger partial charge on any atom is 0.316 e. The van der Waals surface area contributed by atoms with Gasteiger partial charge in [-0.3, -0.25) is 4.79 Å². The van der Waals surface area contributed by atoms with Crippen LogP contribution >= 0.6 is 11.8 Å². The highest BCUT2D eigenvalue weighted by molar-refractivity contribution is 7.99. The Balaban J connectivity index is 1.81. The SMILES string of the molecule is Cc1cccc(CSCC(=O)Nc2cccc(NC(N)=O)c2)c1. The standard InChI is InChI=1S/C17H19N3O2S/c1-12-4-2-5-13(8-12)10-23-11-16(21)19-14-6-3-7-15(9-14)20-17(18)22/h2-9H,10-11H2,1H3,(H,19,21)(H3,18,20,22). The molecule has 23 heavy (non-hydrogen) atoms. The molecule has 120 valence electrons. The van der Waals surface area contributed by atoms with Crippen LogP contribution in [0.2, 0.25) is 0 Å². The third-order valence-electron chi connectivity index (χ3n) is 3.00. The van der Waals surface area contributed by atoms with Gasteiger partial charge in [0, 0.05) is 17.1 Å². The van der Waals surface area contributed by atoms with Crippen molar-refractivity contribution in [1.29, 1.82) is 0 Å². The lowest BCUT2D eigenvalue weighted by Crippen LogP contribution is -2.19. The van der Waals surface area contributed by atoms with Crippen LogP contribution in [0.15, 0.2) is 48.5 Å². The molecular weight excluding hydrogens is 310 g/mol. The second-order valence-corrected chi connectivity index (χ2v) is 6.09. The van der Waals surface area contributed by atoms with E-state index in [1.807, 2.05) is 19.1 Å². The van der Waals surface area contributed by atoms with Gasteiger partial charge in [-0.05, 0) is 30.7 Å². The van der Waals surface area contributed by atoms with Crippen LogP contribution in [0.5, 0.6) is 0 Å². The zero-order chi connectivity index (χ0) is 16.7. The number of aryl methyl sites for hydroxylation is 1. The summed E-state index contributed by atoms with van der Waals surface area (Å²) in [5, 5.41) is 5.27. The Kier molecular flexibility index (Phi) is 6.05. The van der Waals surface area contributed by atoms with Gasteiger partial charge in [-0.25, -0.2) is 4.79 Å². The average molecular weight is 329 g/mol. The number of nitrogens with one attached hydrogen (secondary N) is 2. The summed E-state index contributed by atoms with van der Waals surface area (Å²) >= 11 is 1.56. The summed E-state index contributed by atoms with van der Waals surface area (Å²) in [4.78, 5) is 22.8. The van der Waals surface area contributed by atoms with Gasteiger partial charge in [-0.2, -0.15) is 0 Å². The fraction of sp³-hybridized carbons (Fsp3) is 0.176. The first kappa shape index (κ1) is 16.9. The van der Waals surface area contributed by atoms with Crippen LogP contribution in [-0.4, -0.2) is 17.7 Å². The van der Waals surface area contributed by atoms with Gasteiger partial charge in [0.1, 0.15) is 0 Å². The molecule has 0 aliphatic carbocycles. The zero-order valence-electron chi connectivity index (χ0n) is 12.8. The van der Waals surface area contributed by atoms with Gasteiger partial charge in [0.15, 0.2) is 0 Å². The molecule has 0 aliphatic heterocycles.